The first-order chi connectivity index (χ1) is 11.4. The Labute approximate surface area is 144 Å². The van der Waals surface area contributed by atoms with Crippen LogP contribution in [0.3, 0.4) is 0 Å². The van der Waals surface area contributed by atoms with Gasteiger partial charge in [-0.05, 0) is 64.4 Å². The van der Waals surface area contributed by atoms with Crippen LogP contribution in [0.2, 0.25) is 0 Å². The van der Waals surface area contributed by atoms with Crippen molar-refractivity contribution >= 4 is 11.9 Å². The topological polar surface area (TPSA) is 63.6 Å². The van der Waals surface area contributed by atoms with Crippen LogP contribution in [0.5, 0.6) is 0 Å². The van der Waals surface area contributed by atoms with Gasteiger partial charge in [0.05, 0.1) is 0 Å². The first-order valence-electron chi connectivity index (χ1n) is 8.51. The van der Waals surface area contributed by atoms with Gasteiger partial charge in [0.15, 0.2) is 0 Å². The summed E-state index contributed by atoms with van der Waals surface area (Å²) in [6, 6.07) is 0. The maximum Gasteiger partial charge on any atom is 0.333 e. The summed E-state index contributed by atoms with van der Waals surface area (Å²) in [5, 5.41) is 8.62. The SMILES string of the molecule is C=C(C)C(=O)OC1C=CCCC1.CC(=CC1C=CCCC1)C(=O)O. The number of allylic oxidation sites excluding steroid dienone is 4. The van der Waals surface area contributed by atoms with E-state index in [1.807, 2.05) is 12.2 Å². The van der Waals surface area contributed by atoms with Gasteiger partial charge in [-0.1, -0.05) is 30.9 Å². The van der Waals surface area contributed by atoms with Crippen molar-refractivity contribution in [3.8, 4) is 0 Å². The Balaban J connectivity index is 0.000000240. The fourth-order valence-electron chi connectivity index (χ4n) is 2.49. The number of aliphatic carboxylic acids is 1. The minimum atomic E-state index is -0.811. The Hall–Kier alpha value is -2.10. The number of hydrogen-bond acceptors (Lipinski definition) is 3. The summed E-state index contributed by atoms with van der Waals surface area (Å²) in [6.45, 7) is 6.83. The summed E-state index contributed by atoms with van der Waals surface area (Å²) >= 11 is 0. The summed E-state index contributed by atoms with van der Waals surface area (Å²) in [5.74, 6) is -0.754. The number of rotatable bonds is 4. The second-order valence-corrected chi connectivity index (χ2v) is 6.26. The van der Waals surface area contributed by atoms with Crippen molar-refractivity contribution in [1.29, 1.82) is 0 Å². The van der Waals surface area contributed by atoms with E-state index in [1.165, 1.54) is 6.42 Å². The maximum atomic E-state index is 11.1. The summed E-state index contributed by atoms with van der Waals surface area (Å²) in [6.07, 6.45) is 16.6. The van der Waals surface area contributed by atoms with E-state index in [0.29, 0.717) is 17.1 Å². The third kappa shape index (κ3) is 7.95. The van der Waals surface area contributed by atoms with E-state index in [-0.39, 0.29) is 12.1 Å². The van der Waals surface area contributed by atoms with Gasteiger partial charge in [0.2, 0.25) is 0 Å². The highest BCUT2D eigenvalue weighted by Crippen LogP contribution is 2.19. The predicted molar refractivity (Wildman–Crippen MR) is 95.6 cm³/mol. The minimum Gasteiger partial charge on any atom is -0.478 e. The molecule has 0 saturated heterocycles. The molecule has 1 N–H and O–H groups in total. The standard InChI is InChI=1S/2C10H14O2/c1-8(2)10(11)12-9-6-4-3-5-7-9;1-8(10(11)12)7-9-5-3-2-4-6-9/h4,6,9H,1,3,5,7H2,2H3;3,5,7,9H,2,4,6H2,1H3,(H,11,12). The summed E-state index contributed by atoms with van der Waals surface area (Å²) in [5.41, 5.74) is 0.917. The lowest BCUT2D eigenvalue weighted by Gasteiger charge is -2.16. The third-order valence-electron chi connectivity index (χ3n) is 3.91. The Morgan fingerprint density at radius 3 is 2.21 bits per heavy atom. The molecule has 2 aliphatic carbocycles. The zero-order valence-corrected chi connectivity index (χ0v) is 14.7. The number of carbonyl (C=O) groups excluding carboxylic acids is 1. The number of carbonyl (C=O) groups is 2. The van der Waals surface area contributed by atoms with Gasteiger partial charge in [0.25, 0.3) is 0 Å². The highest BCUT2D eigenvalue weighted by molar-refractivity contribution is 5.87. The molecule has 0 fully saturated rings. The van der Waals surface area contributed by atoms with Crippen LogP contribution in [0, 0.1) is 5.92 Å². The lowest BCUT2D eigenvalue weighted by Crippen LogP contribution is -2.17. The van der Waals surface area contributed by atoms with Crippen LogP contribution in [0.4, 0.5) is 0 Å². The Bertz CT molecular complexity index is 540. The van der Waals surface area contributed by atoms with E-state index in [1.54, 1.807) is 13.8 Å². The molecular weight excluding hydrogens is 304 g/mol. The third-order valence-corrected chi connectivity index (χ3v) is 3.91. The highest BCUT2D eigenvalue weighted by Gasteiger charge is 2.13. The number of carboxylic acids is 1. The number of esters is 1. The molecular formula is C20H28O4. The van der Waals surface area contributed by atoms with Crippen molar-refractivity contribution in [1.82, 2.24) is 0 Å². The molecule has 0 amide bonds. The van der Waals surface area contributed by atoms with Crippen LogP contribution in [0.15, 0.2) is 48.1 Å². The zero-order valence-electron chi connectivity index (χ0n) is 14.7. The van der Waals surface area contributed by atoms with Gasteiger partial charge in [0, 0.05) is 11.1 Å². The molecule has 0 saturated carbocycles. The quantitative estimate of drug-likeness (QED) is 0.465. The van der Waals surface area contributed by atoms with Crippen LogP contribution in [-0.2, 0) is 14.3 Å². The van der Waals surface area contributed by atoms with Gasteiger partial charge in [-0.2, -0.15) is 0 Å². The van der Waals surface area contributed by atoms with Crippen LogP contribution in [0.25, 0.3) is 0 Å². The first-order valence-corrected chi connectivity index (χ1v) is 8.51. The number of ether oxygens (including phenoxy) is 1. The molecule has 0 aromatic rings. The van der Waals surface area contributed by atoms with Crippen molar-refractivity contribution in [2.45, 2.75) is 58.5 Å². The summed E-state index contributed by atoms with van der Waals surface area (Å²) < 4.78 is 5.13. The molecule has 0 heterocycles. The van der Waals surface area contributed by atoms with E-state index in [2.05, 4.69) is 24.8 Å². The van der Waals surface area contributed by atoms with E-state index in [0.717, 1.165) is 32.1 Å². The minimum absolute atomic E-state index is 0.0250. The van der Waals surface area contributed by atoms with Crippen molar-refractivity contribution in [2.24, 2.45) is 5.92 Å². The van der Waals surface area contributed by atoms with Crippen LogP contribution < -0.4 is 0 Å². The second-order valence-electron chi connectivity index (χ2n) is 6.26. The van der Waals surface area contributed by atoms with E-state index < -0.39 is 5.97 Å². The lowest BCUT2D eigenvalue weighted by atomic mass is 9.94. The molecule has 0 bridgehead atoms. The van der Waals surface area contributed by atoms with Crippen LogP contribution in [-0.4, -0.2) is 23.1 Å². The molecule has 2 rings (SSSR count). The monoisotopic (exact) mass is 332 g/mol. The molecule has 2 aliphatic rings. The zero-order chi connectivity index (χ0) is 17.9. The Morgan fingerprint density at radius 2 is 1.75 bits per heavy atom. The van der Waals surface area contributed by atoms with Gasteiger partial charge in [0.1, 0.15) is 6.10 Å². The average molecular weight is 332 g/mol. The largest absolute Gasteiger partial charge is 0.478 e. The van der Waals surface area contributed by atoms with Gasteiger partial charge >= 0.3 is 11.9 Å². The molecule has 2 unspecified atom stereocenters. The Kier molecular flexibility index (Phi) is 8.84. The van der Waals surface area contributed by atoms with E-state index in [9.17, 15) is 9.59 Å². The first kappa shape index (κ1) is 19.9. The number of carboxylic acid groups (broad SMARTS) is 1. The second kappa shape index (κ2) is 10.6. The highest BCUT2D eigenvalue weighted by atomic mass is 16.5. The van der Waals surface area contributed by atoms with Gasteiger partial charge < -0.3 is 9.84 Å². The fraction of sp³-hybridized carbons (Fsp3) is 0.500. The summed E-state index contributed by atoms with van der Waals surface area (Å²) in [4.78, 5) is 21.5. The Morgan fingerprint density at radius 1 is 1.12 bits per heavy atom. The molecule has 0 aromatic carbocycles. The molecule has 132 valence electrons. The molecule has 0 aliphatic heterocycles. The maximum absolute atomic E-state index is 11.1. The van der Waals surface area contributed by atoms with E-state index in [4.69, 9.17) is 9.84 Å². The molecule has 4 nitrogen and oxygen atoms in total. The molecule has 0 spiro atoms. The molecule has 2 atom stereocenters. The average Bonchev–Trinajstić information content (AvgIpc) is 2.57. The lowest BCUT2D eigenvalue weighted by molar-refractivity contribution is -0.142. The van der Waals surface area contributed by atoms with Crippen molar-refractivity contribution in [3.63, 3.8) is 0 Å². The predicted octanol–water partition coefficient (Wildman–Crippen LogP) is 4.59. The van der Waals surface area contributed by atoms with Gasteiger partial charge in [-0.15, -0.1) is 0 Å². The summed E-state index contributed by atoms with van der Waals surface area (Å²) in [7, 11) is 0. The number of hydrogen-bond donors (Lipinski definition) is 1. The van der Waals surface area contributed by atoms with Crippen molar-refractivity contribution in [3.05, 3.63) is 48.1 Å². The van der Waals surface area contributed by atoms with Crippen molar-refractivity contribution in [2.75, 3.05) is 0 Å². The van der Waals surface area contributed by atoms with Crippen LogP contribution >= 0.6 is 0 Å². The van der Waals surface area contributed by atoms with Crippen LogP contribution in [0.1, 0.15) is 52.4 Å². The molecule has 0 radical (unpaired) electrons. The van der Waals surface area contributed by atoms with E-state index >= 15 is 0 Å². The van der Waals surface area contributed by atoms with Gasteiger partial charge in [-0.3, -0.25) is 0 Å². The molecule has 0 aromatic heterocycles. The molecule has 4 heteroatoms. The molecule has 24 heavy (non-hydrogen) atoms. The van der Waals surface area contributed by atoms with Crippen molar-refractivity contribution < 1.29 is 19.4 Å². The normalized spacial score (nSPS) is 23.0. The fourth-order valence-corrected chi connectivity index (χ4v) is 2.49. The smallest absolute Gasteiger partial charge is 0.333 e. The van der Waals surface area contributed by atoms with Gasteiger partial charge in [-0.25, -0.2) is 9.59 Å².